The number of hydrogen-bond acceptors (Lipinski definition) is 4. The molecule has 0 heterocycles. The number of nitrogens with one attached hydrogen (secondary N) is 1. The zero-order valence-electron chi connectivity index (χ0n) is 11.2. The third-order valence-electron chi connectivity index (χ3n) is 2.47. The van der Waals surface area contributed by atoms with Crippen LogP contribution < -0.4 is 5.32 Å². The number of sulfone groups is 1. The Morgan fingerprint density at radius 1 is 1.00 bits per heavy atom. The summed E-state index contributed by atoms with van der Waals surface area (Å²) in [5.74, 6) is 0.198. The molecule has 0 aliphatic heterocycles. The Morgan fingerprint density at radius 3 is 2.35 bits per heavy atom. The molecule has 0 rings (SSSR count). The van der Waals surface area contributed by atoms with E-state index >= 15 is 0 Å². The lowest BCUT2D eigenvalue weighted by Gasteiger charge is -2.05. The monoisotopic (exact) mass is 265 g/mol. The Labute approximate surface area is 106 Å². The van der Waals surface area contributed by atoms with Crippen LogP contribution in [0.3, 0.4) is 0 Å². The van der Waals surface area contributed by atoms with Crippen LogP contribution in [0.5, 0.6) is 0 Å². The third-order valence-corrected chi connectivity index (χ3v) is 3.41. The predicted molar refractivity (Wildman–Crippen MR) is 72.2 cm³/mol. The Kier molecular flexibility index (Phi) is 10.9. The van der Waals surface area contributed by atoms with Gasteiger partial charge in [0.1, 0.15) is 9.84 Å². The first kappa shape index (κ1) is 16.9. The molecule has 0 aliphatic carbocycles. The van der Waals surface area contributed by atoms with Gasteiger partial charge >= 0.3 is 0 Å². The molecule has 0 fully saturated rings. The van der Waals surface area contributed by atoms with Crippen molar-refractivity contribution in [2.45, 2.75) is 39.0 Å². The summed E-state index contributed by atoms with van der Waals surface area (Å²) in [6.07, 6.45) is 7.50. The topological polar surface area (TPSA) is 55.4 Å². The van der Waals surface area contributed by atoms with Crippen molar-refractivity contribution in [2.75, 3.05) is 38.3 Å². The normalized spacial score (nSPS) is 11.9. The van der Waals surface area contributed by atoms with Gasteiger partial charge in [0, 0.05) is 26.0 Å². The first-order valence-corrected chi connectivity index (χ1v) is 8.58. The molecule has 0 aromatic carbocycles. The van der Waals surface area contributed by atoms with Gasteiger partial charge in [0.05, 0.1) is 12.4 Å². The maximum absolute atomic E-state index is 10.8. The molecule has 17 heavy (non-hydrogen) atoms. The number of hydrogen-bond donors (Lipinski definition) is 1. The van der Waals surface area contributed by atoms with E-state index in [1.54, 1.807) is 0 Å². The molecule has 0 amide bonds. The van der Waals surface area contributed by atoms with E-state index in [0.717, 1.165) is 19.6 Å². The molecular formula is C12H27NO3S. The summed E-state index contributed by atoms with van der Waals surface area (Å²) in [4.78, 5) is 0. The molecule has 0 spiro atoms. The minimum atomic E-state index is -2.84. The van der Waals surface area contributed by atoms with Gasteiger partial charge in [0.2, 0.25) is 0 Å². The molecule has 0 saturated carbocycles. The average molecular weight is 265 g/mol. The molecule has 0 atom stereocenters. The van der Waals surface area contributed by atoms with Gasteiger partial charge in [0.15, 0.2) is 0 Å². The second-order valence-electron chi connectivity index (χ2n) is 4.41. The number of unbranched alkanes of at least 4 members (excludes halogenated alkanes) is 4. The lowest BCUT2D eigenvalue weighted by atomic mass is 10.2. The van der Waals surface area contributed by atoms with Gasteiger partial charge in [0.25, 0.3) is 0 Å². The highest BCUT2D eigenvalue weighted by Crippen LogP contribution is 2.01. The smallest absolute Gasteiger partial charge is 0.148 e. The van der Waals surface area contributed by atoms with E-state index in [1.165, 1.54) is 31.9 Å². The van der Waals surface area contributed by atoms with Crippen molar-refractivity contribution in [1.82, 2.24) is 5.32 Å². The SMILES string of the molecule is CCCCCCCOCCNCCS(C)(=O)=O. The van der Waals surface area contributed by atoms with Crippen molar-refractivity contribution in [1.29, 1.82) is 0 Å². The minimum absolute atomic E-state index is 0.198. The van der Waals surface area contributed by atoms with E-state index in [-0.39, 0.29) is 5.75 Å². The van der Waals surface area contributed by atoms with Crippen LogP contribution in [0.15, 0.2) is 0 Å². The van der Waals surface area contributed by atoms with Crippen LogP contribution in [-0.4, -0.2) is 46.7 Å². The van der Waals surface area contributed by atoms with Crippen LogP contribution in [0, 0.1) is 0 Å². The molecule has 0 aliphatic rings. The molecule has 0 bridgehead atoms. The molecular weight excluding hydrogens is 238 g/mol. The number of ether oxygens (including phenoxy) is 1. The van der Waals surface area contributed by atoms with Crippen LogP contribution in [0.1, 0.15) is 39.0 Å². The molecule has 4 nitrogen and oxygen atoms in total. The summed E-state index contributed by atoms with van der Waals surface area (Å²) in [6.45, 7) is 4.93. The van der Waals surface area contributed by atoms with Gasteiger partial charge in [-0.15, -0.1) is 0 Å². The van der Waals surface area contributed by atoms with Crippen molar-refractivity contribution in [3.8, 4) is 0 Å². The summed E-state index contributed by atoms with van der Waals surface area (Å²) in [5.41, 5.74) is 0. The van der Waals surface area contributed by atoms with Gasteiger partial charge in [-0.05, 0) is 6.42 Å². The lowest BCUT2D eigenvalue weighted by molar-refractivity contribution is 0.132. The molecule has 0 aromatic rings. The van der Waals surface area contributed by atoms with Crippen molar-refractivity contribution in [3.63, 3.8) is 0 Å². The molecule has 0 saturated heterocycles. The van der Waals surface area contributed by atoms with Gasteiger partial charge < -0.3 is 10.1 Å². The van der Waals surface area contributed by atoms with E-state index in [2.05, 4.69) is 12.2 Å². The summed E-state index contributed by atoms with van der Waals surface area (Å²) < 4.78 is 27.1. The van der Waals surface area contributed by atoms with Gasteiger partial charge in [-0.1, -0.05) is 32.6 Å². The van der Waals surface area contributed by atoms with Gasteiger partial charge in [-0.2, -0.15) is 0 Å². The van der Waals surface area contributed by atoms with E-state index in [0.29, 0.717) is 13.2 Å². The fourth-order valence-electron chi connectivity index (χ4n) is 1.44. The van der Waals surface area contributed by atoms with Crippen molar-refractivity contribution < 1.29 is 13.2 Å². The highest BCUT2D eigenvalue weighted by atomic mass is 32.2. The largest absolute Gasteiger partial charge is 0.380 e. The highest BCUT2D eigenvalue weighted by molar-refractivity contribution is 7.90. The molecule has 5 heteroatoms. The van der Waals surface area contributed by atoms with Crippen molar-refractivity contribution in [3.05, 3.63) is 0 Å². The van der Waals surface area contributed by atoms with E-state index < -0.39 is 9.84 Å². The van der Waals surface area contributed by atoms with E-state index in [9.17, 15) is 8.42 Å². The quantitative estimate of drug-likeness (QED) is 0.545. The number of rotatable bonds is 12. The van der Waals surface area contributed by atoms with Crippen molar-refractivity contribution in [2.24, 2.45) is 0 Å². The standard InChI is InChI=1S/C12H27NO3S/c1-3-4-5-6-7-10-16-11-8-13-9-12-17(2,14)15/h13H,3-12H2,1-2H3. The molecule has 0 unspecified atom stereocenters. The lowest BCUT2D eigenvalue weighted by Crippen LogP contribution is -2.25. The summed E-state index contributed by atoms with van der Waals surface area (Å²) in [6, 6.07) is 0. The van der Waals surface area contributed by atoms with Crippen LogP contribution >= 0.6 is 0 Å². The maximum Gasteiger partial charge on any atom is 0.148 e. The predicted octanol–water partition coefficient (Wildman–Crippen LogP) is 1.61. The van der Waals surface area contributed by atoms with E-state index in [4.69, 9.17) is 4.74 Å². The molecule has 0 aromatic heterocycles. The zero-order chi connectivity index (χ0) is 13.0. The molecule has 1 N–H and O–H groups in total. The summed E-state index contributed by atoms with van der Waals surface area (Å²) in [7, 11) is -2.84. The molecule has 0 radical (unpaired) electrons. The van der Waals surface area contributed by atoms with Crippen LogP contribution in [0.2, 0.25) is 0 Å². The van der Waals surface area contributed by atoms with E-state index in [1.807, 2.05) is 0 Å². The third kappa shape index (κ3) is 15.9. The Morgan fingerprint density at radius 2 is 1.71 bits per heavy atom. The first-order valence-electron chi connectivity index (χ1n) is 6.52. The highest BCUT2D eigenvalue weighted by Gasteiger charge is 1.99. The van der Waals surface area contributed by atoms with Crippen LogP contribution in [0.25, 0.3) is 0 Å². The second kappa shape index (κ2) is 11.0. The Bertz CT molecular complexity index is 252. The summed E-state index contributed by atoms with van der Waals surface area (Å²) in [5, 5.41) is 3.05. The first-order chi connectivity index (χ1) is 8.06. The minimum Gasteiger partial charge on any atom is -0.380 e. The Balaban J connectivity index is 3.04. The second-order valence-corrected chi connectivity index (χ2v) is 6.67. The average Bonchev–Trinajstić information content (AvgIpc) is 2.24. The Hall–Kier alpha value is -0.130. The maximum atomic E-state index is 10.8. The molecule has 104 valence electrons. The fraction of sp³-hybridized carbons (Fsp3) is 1.00. The zero-order valence-corrected chi connectivity index (χ0v) is 12.0. The van der Waals surface area contributed by atoms with Crippen LogP contribution in [0.4, 0.5) is 0 Å². The van der Waals surface area contributed by atoms with Gasteiger partial charge in [-0.3, -0.25) is 0 Å². The fourth-order valence-corrected chi connectivity index (χ4v) is 1.95. The van der Waals surface area contributed by atoms with Crippen molar-refractivity contribution >= 4 is 9.84 Å². The summed E-state index contributed by atoms with van der Waals surface area (Å²) >= 11 is 0. The van der Waals surface area contributed by atoms with Gasteiger partial charge in [-0.25, -0.2) is 8.42 Å². The van der Waals surface area contributed by atoms with Crippen LogP contribution in [-0.2, 0) is 14.6 Å².